The summed E-state index contributed by atoms with van der Waals surface area (Å²) in [5.74, 6) is 0.799. The number of hydrogen-bond donors (Lipinski definition) is 1. The smallest absolute Gasteiger partial charge is 0.193 e. The Labute approximate surface area is 462 Å². The molecule has 0 aromatic heterocycles. The minimum Gasteiger partial charge on any atom is -0.411 e. The van der Waals surface area contributed by atoms with E-state index >= 15 is 0 Å². The molecule has 0 radical (unpaired) electrons. The Morgan fingerprint density at radius 3 is 1.89 bits per heavy atom. The maximum Gasteiger partial charge on any atom is 0.193 e. The molecule has 432 valence electrons. The summed E-state index contributed by atoms with van der Waals surface area (Å²) in [7, 11) is -7.12. The topological polar surface area (TPSA) is 111 Å². The summed E-state index contributed by atoms with van der Waals surface area (Å²) in [6.07, 6.45) is 12.3. The van der Waals surface area contributed by atoms with Crippen LogP contribution in [0.4, 0.5) is 0 Å². The molecule has 10 nitrogen and oxygen atoms in total. The molecule has 2 unspecified atom stereocenters. The Balaban J connectivity index is 1.27. The molecule has 0 aromatic carbocycles. The first-order chi connectivity index (χ1) is 34.5. The highest BCUT2D eigenvalue weighted by Crippen LogP contribution is 2.48. The Hall–Kier alpha value is -1.08. The van der Waals surface area contributed by atoms with E-state index in [-0.39, 0.29) is 93.8 Å². The molecule has 18 atom stereocenters. The van der Waals surface area contributed by atoms with Gasteiger partial charge in [-0.1, -0.05) is 129 Å². The predicted octanol–water partition coefficient (Wildman–Crippen LogP) is 15.0. The summed E-state index contributed by atoms with van der Waals surface area (Å²) < 4.78 is 56.6. The van der Waals surface area contributed by atoms with Crippen molar-refractivity contribution in [2.24, 2.45) is 23.7 Å². The molecule has 0 aromatic rings. The van der Waals surface area contributed by atoms with Gasteiger partial charge < -0.3 is 42.1 Å². The van der Waals surface area contributed by atoms with Crippen molar-refractivity contribution in [3.63, 3.8) is 0 Å². The van der Waals surface area contributed by atoms with E-state index < -0.39 is 49.4 Å². The van der Waals surface area contributed by atoms with Gasteiger partial charge in [-0.15, -0.1) is 6.58 Å². The van der Waals surface area contributed by atoms with Crippen molar-refractivity contribution in [2.45, 2.75) is 314 Å². The fourth-order valence-electron chi connectivity index (χ4n) is 11.4. The number of aliphatic hydroxyl groups is 1. The van der Waals surface area contributed by atoms with Crippen LogP contribution < -0.4 is 0 Å². The van der Waals surface area contributed by atoms with Crippen molar-refractivity contribution >= 4 is 30.7 Å². The lowest BCUT2D eigenvalue weighted by Gasteiger charge is -2.54. The van der Waals surface area contributed by atoms with Crippen LogP contribution in [0, 0.1) is 23.7 Å². The maximum atomic E-state index is 14.1. The molecular formula is C62H112O10Si3. The normalized spacial score (nSPS) is 36.2. The first kappa shape index (κ1) is 64.7. The van der Waals surface area contributed by atoms with E-state index in [1.54, 1.807) is 6.08 Å². The summed E-state index contributed by atoms with van der Waals surface area (Å²) in [5, 5.41) is 11.4. The monoisotopic (exact) mass is 1100 g/mol. The van der Waals surface area contributed by atoms with Crippen molar-refractivity contribution in [3.8, 4) is 0 Å². The van der Waals surface area contributed by atoms with E-state index in [9.17, 15) is 9.90 Å². The number of aliphatic hydroxyl groups excluding tert-OH is 1. The van der Waals surface area contributed by atoms with Crippen molar-refractivity contribution in [2.75, 3.05) is 0 Å². The third kappa shape index (κ3) is 16.1. The molecule has 0 aliphatic carbocycles. The molecule has 0 bridgehead atoms. The van der Waals surface area contributed by atoms with Crippen LogP contribution in [-0.4, -0.2) is 121 Å². The molecule has 13 heteroatoms. The zero-order valence-corrected chi connectivity index (χ0v) is 54.4. The lowest BCUT2D eigenvalue weighted by molar-refractivity contribution is -0.259. The van der Waals surface area contributed by atoms with Gasteiger partial charge in [0.2, 0.25) is 0 Å². The average Bonchev–Trinajstić information content (AvgIpc) is 3.65. The largest absolute Gasteiger partial charge is 0.411 e. The first-order valence-electron chi connectivity index (χ1n) is 29.7. The highest BCUT2D eigenvalue weighted by molar-refractivity contribution is 6.75. The zero-order valence-electron chi connectivity index (χ0n) is 51.4. The quantitative estimate of drug-likeness (QED) is 0.0639. The number of fused-ring (bicyclic) bond motifs is 1. The zero-order chi connectivity index (χ0) is 56.4. The third-order valence-electron chi connectivity index (χ3n) is 19.8. The van der Waals surface area contributed by atoms with Gasteiger partial charge in [0.15, 0.2) is 30.7 Å². The van der Waals surface area contributed by atoms with Crippen molar-refractivity contribution < 1.29 is 46.9 Å². The van der Waals surface area contributed by atoms with Crippen LogP contribution in [0.1, 0.15) is 174 Å². The maximum absolute atomic E-state index is 14.1. The summed E-state index contributed by atoms with van der Waals surface area (Å²) in [5.41, 5.74) is 2.17. The van der Waals surface area contributed by atoms with E-state index in [4.69, 9.17) is 37.0 Å². The van der Waals surface area contributed by atoms with E-state index in [1.807, 2.05) is 12.2 Å². The third-order valence-corrected chi connectivity index (χ3v) is 33.2. The number of ether oxygens (including phenoxy) is 5. The van der Waals surface area contributed by atoms with Gasteiger partial charge in [-0.2, -0.15) is 0 Å². The lowest BCUT2D eigenvalue weighted by atomic mass is 9.78. The molecule has 5 aliphatic rings. The van der Waals surface area contributed by atoms with Crippen LogP contribution in [0.3, 0.4) is 0 Å². The fourth-order valence-corrected chi connectivity index (χ4v) is 15.3. The standard InChI is InChI=1S/C62H112O10Si3/c1-24-26-28-50-43(7)57(71-74(20,21)61(12,13)14)59(72-75(22,23)62(15,16)17)58(69-50)51(70-73(18,19)60(9,10)11)33-30-45(63)29-31-46-36-40(4)49(65-46)34-32-47-35-39(3)42(6)52(66-47)38-53-55(64)44(8)56-54(67-53)37-41(5)48(68-56)27-25-2/h24,30,33,39,41,43-44,46-59,64H,1,4,6,25-29,31-32,34-38H2,2-3,5,7-23H3/b33-30+/t39-,41-,43+,44-,46+,47?,48-,49+,50+,51+,52-,53?,54+,55-,56+,57+,58+,59+/m1/s1. The van der Waals surface area contributed by atoms with Gasteiger partial charge in [-0.3, -0.25) is 4.79 Å². The minimum absolute atomic E-state index is 0.0112. The molecule has 0 saturated carbocycles. The first-order valence-corrected chi connectivity index (χ1v) is 38.4. The number of carbonyl (C=O) groups is 1. The van der Waals surface area contributed by atoms with Gasteiger partial charge in [-0.05, 0) is 141 Å². The SMILES string of the molecule is C=CCC[C@@H]1O[C@@H]([C@H](/C=C/C(=O)CC[C@H]2CC(=C)[C@H](CCC3C[C@@H](C)C(=C)[C@@H](CC4O[C@H]5C[C@@H](C)[C@@H](CCC)O[C@H]5[C@H](C)[C@H]4O)O3)O2)O[Si](C)(C)C(C)(C)C)[C@@H](O[Si](C)(C)C(C)(C)C)[C@@H](O[Si](C)(C)C(C)(C)C)[C@H]1C. The average molecular weight is 1100 g/mol. The fraction of sp³-hybridized carbons (Fsp3) is 0.855. The molecule has 0 amide bonds. The van der Waals surface area contributed by atoms with E-state index in [2.05, 4.69) is 156 Å². The van der Waals surface area contributed by atoms with Crippen molar-refractivity contribution in [1.29, 1.82) is 0 Å². The summed E-state index contributed by atoms with van der Waals surface area (Å²) >= 11 is 0. The molecular weight excluding hydrogens is 989 g/mol. The van der Waals surface area contributed by atoms with Crippen LogP contribution in [0.15, 0.2) is 49.1 Å². The van der Waals surface area contributed by atoms with Crippen molar-refractivity contribution in [3.05, 3.63) is 49.1 Å². The number of rotatable bonds is 22. The number of carbonyl (C=O) groups excluding carboxylic acids is 1. The molecule has 5 aliphatic heterocycles. The Morgan fingerprint density at radius 1 is 0.707 bits per heavy atom. The Morgan fingerprint density at radius 2 is 1.31 bits per heavy atom. The van der Waals surface area contributed by atoms with Gasteiger partial charge in [0.05, 0.1) is 79.4 Å². The van der Waals surface area contributed by atoms with Gasteiger partial charge in [0.25, 0.3) is 0 Å². The van der Waals surface area contributed by atoms with E-state index in [0.29, 0.717) is 31.1 Å². The minimum atomic E-state index is -2.42. The molecule has 0 spiro atoms. The summed E-state index contributed by atoms with van der Waals surface area (Å²) in [4.78, 5) is 14.1. The van der Waals surface area contributed by atoms with Gasteiger partial charge >= 0.3 is 0 Å². The lowest BCUT2D eigenvalue weighted by Crippen LogP contribution is -2.65. The predicted molar refractivity (Wildman–Crippen MR) is 316 cm³/mol. The van der Waals surface area contributed by atoms with Gasteiger partial charge in [0.1, 0.15) is 6.10 Å². The van der Waals surface area contributed by atoms with Gasteiger partial charge in [0, 0.05) is 24.7 Å². The number of ketones is 1. The highest BCUT2D eigenvalue weighted by Gasteiger charge is 2.56. The second-order valence-corrected chi connectivity index (χ2v) is 43.1. The van der Waals surface area contributed by atoms with Crippen LogP contribution in [0.25, 0.3) is 0 Å². The highest BCUT2D eigenvalue weighted by atomic mass is 28.4. The van der Waals surface area contributed by atoms with Gasteiger partial charge in [-0.25, -0.2) is 0 Å². The Kier molecular flexibility index (Phi) is 22.3. The molecule has 5 rings (SSSR count). The molecule has 5 fully saturated rings. The van der Waals surface area contributed by atoms with Crippen molar-refractivity contribution in [1.82, 2.24) is 0 Å². The van der Waals surface area contributed by atoms with Crippen LogP contribution in [0.2, 0.25) is 54.4 Å². The van der Waals surface area contributed by atoms with Crippen LogP contribution in [-0.2, 0) is 41.8 Å². The number of hydrogen-bond acceptors (Lipinski definition) is 10. The summed E-state index contributed by atoms with van der Waals surface area (Å²) in [6, 6.07) is 0. The second-order valence-electron chi connectivity index (χ2n) is 28.8. The Bertz CT molecular complexity index is 1930. The number of allylic oxidation sites excluding steroid dienone is 2. The molecule has 5 saturated heterocycles. The van der Waals surface area contributed by atoms with E-state index in [1.165, 1.54) is 0 Å². The second kappa shape index (κ2) is 25.8. The molecule has 75 heavy (non-hydrogen) atoms. The van der Waals surface area contributed by atoms with E-state index in [0.717, 1.165) is 68.9 Å². The molecule has 1 N–H and O–H groups in total. The van der Waals surface area contributed by atoms with Crippen LogP contribution >= 0.6 is 0 Å². The molecule has 5 heterocycles. The summed E-state index contributed by atoms with van der Waals surface area (Å²) in [6.45, 7) is 58.5. The van der Waals surface area contributed by atoms with Crippen LogP contribution in [0.5, 0.6) is 0 Å².